The first-order valence-electron chi connectivity index (χ1n) is 13.0. The van der Waals surface area contributed by atoms with E-state index in [2.05, 4.69) is 24.8 Å². The third kappa shape index (κ3) is 5.76. The van der Waals surface area contributed by atoms with Crippen molar-refractivity contribution in [1.29, 1.82) is 0 Å². The first-order valence-corrected chi connectivity index (χ1v) is 15.6. The molecular weight excluding hydrogens is 544 g/mol. The molecule has 1 amide bonds. The lowest BCUT2D eigenvalue weighted by atomic mass is 10.1. The number of aryl methyl sites for hydroxylation is 2. The Kier molecular flexibility index (Phi) is 8.37. The molecule has 0 spiro atoms. The molecule has 38 heavy (non-hydrogen) atoms. The summed E-state index contributed by atoms with van der Waals surface area (Å²) in [6, 6.07) is 9.50. The summed E-state index contributed by atoms with van der Waals surface area (Å²) >= 11 is 7.47. The molecule has 1 unspecified atom stereocenters. The fourth-order valence-electron chi connectivity index (χ4n) is 5.06. The maximum atomic E-state index is 14.1. The van der Waals surface area contributed by atoms with Crippen molar-refractivity contribution < 1.29 is 17.9 Å². The Morgan fingerprint density at radius 3 is 2.58 bits per heavy atom. The second kappa shape index (κ2) is 11.6. The van der Waals surface area contributed by atoms with Crippen LogP contribution in [0.1, 0.15) is 30.4 Å². The lowest BCUT2D eigenvalue weighted by Crippen LogP contribution is -2.48. The van der Waals surface area contributed by atoms with Crippen LogP contribution in [0.15, 0.2) is 41.3 Å². The summed E-state index contributed by atoms with van der Waals surface area (Å²) in [5, 5.41) is 1.08. The zero-order valence-electron chi connectivity index (χ0n) is 21.7. The van der Waals surface area contributed by atoms with Crippen molar-refractivity contribution in [1.82, 2.24) is 14.2 Å². The Labute approximate surface area is 233 Å². The summed E-state index contributed by atoms with van der Waals surface area (Å²) < 4.78 is 34.9. The van der Waals surface area contributed by atoms with Gasteiger partial charge in [-0.2, -0.15) is 4.31 Å². The Morgan fingerprint density at radius 1 is 1.13 bits per heavy atom. The number of halogens is 1. The van der Waals surface area contributed by atoms with Gasteiger partial charge in [0.15, 0.2) is 5.13 Å². The smallest absolute Gasteiger partial charge is 0.247 e. The van der Waals surface area contributed by atoms with Gasteiger partial charge in [0.25, 0.3) is 0 Å². The van der Waals surface area contributed by atoms with Crippen LogP contribution in [-0.4, -0.2) is 80.5 Å². The number of hydrogen-bond acceptors (Lipinski definition) is 7. The minimum absolute atomic E-state index is 0.145. The van der Waals surface area contributed by atoms with Crippen LogP contribution in [0.3, 0.4) is 0 Å². The van der Waals surface area contributed by atoms with Crippen molar-refractivity contribution in [3.63, 3.8) is 0 Å². The van der Waals surface area contributed by atoms with Gasteiger partial charge in [0.1, 0.15) is 6.04 Å². The SMILES string of the molecule is Cc1cc2nc(N(CCCN3CCOCC3)C(=O)C3CCCN3S(=O)(=O)c3ccc(Cl)cc3)sc2cc1C. The zero-order chi connectivity index (χ0) is 26.9. The summed E-state index contributed by atoms with van der Waals surface area (Å²) in [7, 11) is -3.85. The van der Waals surface area contributed by atoms with Gasteiger partial charge < -0.3 is 4.74 Å². The zero-order valence-corrected chi connectivity index (χ0v) is 24.1. The van der Waals surface area contributed by atoms with Crippen molar-refractivity contribution >= 4 is 54.2 Å². The number of ether oxygens (including phenoxy) is 1. The van der Waals surface area contributed by atoms with Gasteiger partial charge in [-0.15, -0.1) is 0 Å². The molecule has 8 nitrogen and oxygen atoms in total. The maximum Gasteiger partial charge on any atom is 0.247 e. The summed E-state index contributed by atoms with van der Waals surface area (Å²) in [5.74, 6) is -0.213. The number of fused-ring (bicyclic) bond motifs is 1. The summed E-state index contributed by atoms with van der Waals surface area (Å²) in [4.78, 5) is 23.1. The lowest BCUT2D eigenvalue weighted by molar-refractivity contribution is -0.121. The molecule has 0 saturated carbocycles. The van der Waals surface area contributed by atoms with Crippen molar-refractivity contribution in [2.75, 3.05) is 50.8 Å². The first-order chi connectivity index (χ1) is 18.2. The molecule has 0 bridgehead atoms. The van der Waals surface area contributed by atoms with E-state index in [0.29, 0.717) is 36.1 Å². The van der Waals surface area contributed by atoms with Gasteiger partial charge in [-0.25, -0.2) is 13.4 Å². The van der Waals surface area contributed by atoms with Crippen molar-refractivity contribution in [3.05, 3.63) is 52.5 Å². The molecule has 11 heteroatoms. The fraction of sp³-hybridized carbons (Fsp3) is 0.481. The van der Waals surface area contributed by atoms with Gasteiger partial charge >= 0.3 is 0 Å². The molecule has 3 aromatic rings. The largest absolute Gasteiger partial charge is 0.379 e. The molecule has 3 heterocycles. The number of rotatable bonds is 8. The number of aromatic nitrogens is 1. The Hall–Kier alpha value is -2.08. The van der Waals surface area contributed by atoms with E-state index in [0.717, 1.165) is 55.0 Å². The molecule has 2 aliphatic heterocycles. The number of morpholine rings is 1. The Balaban J connectivity index is 1.43. The van der Waals surface area contributed by atoms with Gasteiger partial charge in [-0.3, -0.25) is 14.6 Å². The van der Waals surface area contributed by atoms with Crippen molar-refractivity contribution in [3.8, 4) is 0 Å². The Bertz CT molecular complexity index is 1370. The predicted octanol–water partition coefficient (Wildman–Crippen LogP) is 4.48. The number of sulfonamides is 1. The van der Waals surface area contributed by atoms with Gasteiger partial charge in [-0.1, -0.05) is 22.9 Å². The number of benzene rings is 2. The van der Waals surface area contributed by atoms with Crippen molar-refractivity contribution in [2.24, 2.45) is 0 Å². The molecule has 0 N–H and O–H groups in total. The fourth-order valence-corrected chi connectivity index (χ4v) is 7.91. The molecule has 1 atom stereocenters. The highest BCUT2D eigenvalue weighted by Gasteiger charge is 2.42. The second-order valence-electron chi connectivity index (χ2n) is 9.93. The third-order valence-corrected chi connectivity index (χ3v) is 10.6. The van der Waals surface area contributed by atoms with E-state index in [9.17, 15) is 13.2 Å². The summed E-state index contributed by atoms with van der Waals surface area (Å²) in [6.45, 7) is 8.94. The van der Waals surface area contributed by atoms with Crippen LogP contribution in [0.25, 0.3) is 10.2 Å². The summed E-state index contributed by atoms with van der Waals surface area (Å²) in [6.07, 6.45) is 1.87. The number of carbonyl (C=O) groups is 1. The van der Waals surface area contributed by atoms with E-state index < -0.39 is 16.1 Å². The minimum atomic E-state index is -3.85. The predicted molar refractivity (Wildman–Crippen MR) is 152 cm³/mol. The molecule has 2 fully saturated rings. The topological polar surface area (TPSA) is 83.1 Å². The highest BCUT2D eigenvalue weighted by Crippen LogP contribution is 2.34. The highest BCUT2D eigenvalue weighted by atomic mass is 35.5. The normalized spacial score (nSPS) is 19.3. The number of anilines is 1. The van der Waals surface area contributed by atoms with Crippen LogP contribution < -0.4 is 4.90 Å². The number of nitrogens with zero attached hydrogens (tertiary/aromatic N) is 4. The molecule has 2 aliphatic rings. The van der Waals surface area contributed by atoms with E-state index in [-0.39, 0.29) is 10.8 Å². The van der Waals surface area contributed by atoms with E-state index in [1.54, 1.807) is 17.0 Å². The van der Waals surface area contributed by atoms with Crippen LogP contribution in [0.5, 0.6) is 0 Å². The van der Waals surface area contributed by atoms with Crippen LogP contribution >= 0.6 is 22.9 Å². The molecule has 2 aromatic carbocycles. The quantitative estimate of drug-likeness (QED) is 0.393. The van der Waals surface area contributed by atoms with Gasteiger partial charge in [0.05, 0.1) is 28.3 Å². The third-order valence-electron chi connectivity index (χ3n) is 7.36. The standard InChI is InChI=1S/C27H33ClN4O4S2/c1-19-17-23-25(18-20(19)2)37-27(29-23)31(11-4-10-30-13-15-36-16-14-30)26(33)24-5-3-12-32(24)38(34,35)22-8-6-21(28)7-9-22/h6-9,17-18,24H,3-5,10-16H2,1-2H3. The van der Waals surface area contributed by atoms with Crippen LogP contribution in [0.2, 0.25) is 5.02 Å². The van der Waals surface area contributed by atoms with Gasteiger partial charge in [0.2, 0.25) is 15.9 Å². The van der Waals surface area contributed by atoms with E-state index in [1.807, 2.05) is 6.07 Å². The molecule has 1 aromatic heterocycles. The van der Waals surface area contributed by atoms with Crippen LogP contribution in [0.4, 0.5) is 5.13 Å². The van der Waals surface area contributed by atoms with Crippen LogP contribution in [0, 0.1) is 13.8 Å². The average molecular weight is 577 g/mol. The van der Waals surface area contributed by atoms with E-state index >= 15 is 0 Å². The van der Waals surface area contributed by atoms with Gasteiger partial charge in [-0.05, 0) is 80.6 Å². The molecular formula is C27H33ClN4O4S2. The van der Waals surface area contributed by atoms with E-state index in [4.69, 9.17) is 21.3 Å². The number of thiazole rings is 1. The van der Waals surface area contributed by atoms with E-state index in [1.165, 1.54) is 33.3 Å². The number of amides is 1. The first kappa shape index (κ1) is 27.5. The monoisotopic (exact) mass is 576 g/mol. The molecule has 2 saturated heterocycles. The molecule has 5 rings (SSSR count). The maximum absolute atomic E-state index is 14.1. The highest BCUT2D eigenvalue weighted by molar-refractivity contribution is 7.89. The Morgan fingerprint density at radius 2 is 1.84 bits per heavy atom. The second-order valence-corrected chi connectivity index (χ2v) is 13.3. The average Bonchev–Trinajstić information content (AvgIpc) is 3.55. The molecule has 0 aliphatic carbocycles. The lowest BCUT2D eigenvalue weighted by Gasteiger charge is -2.30. The van der Waals surface area contributed by atoms with Crippen LogP contribution in [-0.2, 0) is 19.6 Å². The molecule has 0 radical (unpaired) electrons. The van der Waals surface area contributed by atoms with Gasteiger partial charge in [0, 0.05) is 37.7 Å². The number of hydrogen-bond donors (Lipinski definition) is 0. The molecule has 204 valence electrons. The van der Waals surface area contributed by atoms with Crippen molar-refractivity contribution in [2.45, 2.75) is 44.0 Å². The number of carbonyl (C=O) groups excluding carboxylic acids is 1. The minimum Gasteiger partial charge on any atom is -0.379 e. The summed E-state index contributed by atoms with van der Waals surface area (Å²) in [5.41, 5.74) is 3.18.